The van der Waals surface area contributed by atoms with Crippen molar-refractivity contribution in [2.45, 2.75) is 33.6 Å². The Labute approximate surface area is 138 Å². The quantitative estimate of drug-likeness (QED) is 0.826. The highest BCUT2D eigenvalue weighted by atomic mass is 16.5. The normalized spacial score (nSPS) is 10.8. The molecule has 0 spiro atoms. The molecule has 23 heavy (non-hydrogen) atoms. The van der Waals surface area contributed by atoms with E-state index in [1.165, 1.54) is 0 Å². The monoisotopic (exact) mass is 314 g/mol. The molecule has 2 aromatic rings. The van der Waals surface area contributed by atoms with Crippen molar-refractivity contribution in [3.8, 4) is 22.8 Å². The van der Waals surface area contributed by atoms with E-state index in [1.54, 1.807) is 13.2 Å². The van der Waals surface area contributed by atoms with Gasteiger partial charge in [-0.1, -0.05) is 26.8 Å². The van der Waals surface area contributed by atoms with Crippen molar-refractivity contribution >= 4 is 5.82 Å². The van der Waals surface area contributed by atoms with E-state index in [1.807, 2.05) is 18.2 Å². The van der Waals surface area contributed by atoms with Crippen molar-refractivity contribution in [1.82, 2.24) is 4.98 Å². The standard InChI is InChI=1S/C19H26N2O2/c1-5-14-11-15(16-7-6-8-19(20)21-16)18(22-4)12-17(14)23-10-9-13(2)3/h6-8,11-13H,5,9-10H2,1-4H3,(H2,20,21). The molecule has 2 N–H and O–H groups in total. The smallest absolute Gasteiger partial charge is 0.131 e. The van der Waals surface area contributed by atoms with Gasteiger partial charge >= 0.3 is 0 Å². The highest BCUT2D eigenvalue weighted by molar-refractivity contribution is 5.71. The fourth-order valence-electron chi connectivity index (χ4n) is 2.39. The van der Waals surface area contributed by atoms with E-state index in [4.69, 9.17) is 15.2 Å². The Hall–Kier alpha value is -2.23. The maximum Gasteiger partial charge on any atom is 0.131 e. The maximum atomic E-state index is 5.97. The van der Waals surface area contributed by atoms with Gasteiger partial charge in [-0.05, 0) is 42.5 Å². The molecule has 4 heteroatoms. The van der Waals surface area contributed by atoms with E-state index in [0.717, 1.165) is 41.2 Å². The number of nitrogens with two attached hydrogens (primary N) is 1. The molecule has 0 saturated carbocycles. The van der Waals surface area contributed by atoms with Crippen molar-refractivity contribution in [1.29, 1.82) is 0 Å². The lowest BCUT2D eigenvalue weighted by Crippen LogP contribution is -2.04. The zero-order chi connectivity index (χ0) is 16.8. The molecule has 124 valence electrons. The van der Waals surface area contributed by atoms with Crippen LogP contribution >= 0.6 is 0 Å². The number of anilines is 1. The summed E-state index contributed by atoms with van der Waals surface area (Å²) in [5.41, 5.74) is 8.70. The minimum Gasteiger partial charge on any atom is -0.496 e. The van der Waals surface area contributed by atoms with Crippen LogP contribution in [-0.4, -0.2) is 18.7 Å². The number of aromatic nitrogens is 1. The molecule has 4 nitrogen and oxygen atoms in total. The largest absolute Gasteiger partial charge is 0.496 e. The van der Waals surface area contributed by atoms with Gasteiger partial charge in [0.2, 0.25) is 0 Å². The van der Waals surface area contributed by atoms with Crippen molar-refractivity contribution in [3.05, 3.63) is 35.9 Å². The van der Waals surface area contributed by atoms with Gasteiger partial charge in [-0.2, -0.15) is 0 Å². The lowest BCUT2D eigenvalue weighted by atomic mass is 10.0. The molecule has 0 radical (unpaired) electrons. The van der Waals surface area contributed by atoms with E-state index in [-0.39, 0.29) is 0 Å². The van der Waals surface area contributed by atoms with Crippen LogP contribution in [0.25, 0.3) is 11.3 Å². The molecule has 0 bridgehead atoms. The van der Waals surface area contributed by atoms with Gasteiger partial charge in [0, 0.05) is 11.6 Å². The fraction of sp³-hybridized carbons (Fsp3) is 0.421. The summed E-state index contributed by atoms with van der Waals surface area (Å²) in [6.45, 7) is 7.22. The molecule has 1 heterocycles. The minimum atomic E-state index is 0.500. The minimum absolute atomic E-state index is 0.500. The lowest BCUT2D eigenvalue weighted by molar-refractivity contribution is 0.285. The Morgan fingerprint density at radius 3 is 2.57 bits per heavy atom. The summed E-state index contributed by atoms with van der Waals surface area (Å²) in [5, 5.41) is 0. The molecule has 0 aliphatic heterocycles. The van der Waals surface area contributed by atoms with Crippen molar-refractivity contribution in [3.63, 3.8) is 0 Å². The Balaban J connectivity index is 2.37. The highest BCUT2D eigenvalue weighted by Gasteiger charge is 2.14. The third kappa shape index (κ3) is 4.38. The molecule has 0 atom stereocenters. The van der Waals surface area contributed by atoms with Gasteiger partial charge in [0.15, 0.2) is 0 Å². The molecule has 0 unspecified atom stereocenters. The van der Waals surface area contributed by atoms with Crippen LogP contribution in [-0.2, 0) is 6.42 Å². The van der Waals surface area contributed by atoms with Crippen LogP contribution in [0.2, 0.25) is 0 Å². The number of benzene rings is 1. The number of hydrogen-bond acceptors (Lipinski definition) is 4. The highest BCUT2D eigenvalue weighted by Crippen LogP contribution is 2.36. The molecule has 0 fully saturated rings. The SMILES string of the molecule is CCc1cc(-c2cccc(N)n2)c(OC)cc1OCCC(C)C. The van der Waals surface area contributed by atoms with Crippen LogP contribution in [0.1, 0.15) is 32.8 Å². The average molecular weight is 314 g/mol. The van der Waals surface area contributed by atoms with Crippen LogP contribution in [0.5, 0.6) is 11.5 Å². The first-order valence-electron chi connectivity index (χ1n) is 8.11. The second-order valence-electron chi connectivity index (χ2n) is 5.99. The summed E-state index contributed by atoms with van der Waals surface area (Å²) in [4.78, 5) is 4.40. The first-order chi connectivity index (χ1) is 11.0. The van der Waals surface area contributed by atoms with Crippen LogP contribution in [0, 0.1) is 5.92 Å². The molecular weight excluding hydrogens is 288 g/mol. The third-order valence-electron chi connectivity index (χ3n) is 3.76. The van der Waals surface area contributed by atoms with Crippen LogP contribution in [0.3, 0.4) is 0 Å². The summed E-state index contributed by atoms with van der Waals surface area (Å²) < 4.78 is 11.5. The molecule has 1 aromatic heterocycles. The Morgan fingerprint density at radius 1 is 1.17 bits per heavy atom. The number of rotatable bonds is 7. The predicted octanol–water partition coefficient (Wildman–Crippen LogP) is 4.33. The van der Waals surface area contributed by atoms with Gasteiger partial charge in [0.05, 0.1) is 19.4 Å². The first-order valence-corrected chi connectivity index (χ1v) is 8.11. The van der Waals surface area contributed by atoms with Crippen LogP contribution in [0.4, 0.5) is 5.82 Å². The van der Waals surface area contributed by atoms with Gasteiger partial charge in [0.1, 0.15) is 17.3 Å². The fourth-order valence-corrected chi connectivity index (χ4v) is 2.39. The van der Waals surface area contributed by atoms with Gasteiger partial charge < -0.3 is 15.2 Å². The molecule has 0 saturated heterocycles. The molecule has 1 aromatic carbocycles. The number of aryl methyl sites for hydroxylation is 1. The number of nitrogens with zero attached hydrogens (tertiary/aromatic N) is 1. The van der Waals surface area contributed by atoms with Gasteiger partial charge in [-0.25, -0.2) is 4.98 Å². The maximum absolute atomic E-state index is 5.97. The van der Waals surface area contributed by atoms with E-state index < -0.39 is 0 Å². The number of hydrogen-bond donors (Lipinski definition) is 1. The summed E-state index contributed by atoms with van der Waals surface area (Å²) in [7, 11) is 1.66. The Bertz CT molecular complexity index is 654. The van der Waals surface area contributed by atoms with Crippen molar-refractivity contribution < 1.29 is 9.47 Å². The molecular formula is C19H26N2O2. The average Bonchev–Trinajstić information content (AvgIpc) is 2.54. The lowest BCUT2D eigenvalue weighted by Gasteiger charge is -2.16. The van der Waals surface area contributed by atoms with E-state index in [9.17, 15) is 0 Å². The molecule has 2 rings (SSSR count). The van der Waals surface area contributed by atoms with Gasteiger partial charge in [-0.15, -0.1) is 0 Å². The van der Waals surface area contributed by atoms with Crippen molar-refractivity contribution in [2.75, 3.05) is 19.5 Å². The summed E-state index contributed by atoms with van der Waals surface area (Å²) >= 11 is 0. The predicted molar refractivity (Wildman–Crippen MR) is 95.0 cm³/mol. The second-order valence-corrected chi connectivity index (χ2v) is 5.99. The summed E-state index contributed by atoms with van der Waals surface area (Å²) in [6.07, 6.45) is 1.92. The first kappa shape index (κ1) is 17.1. The zero-order valence-electron chi connectivity index (χ0n) is 14.4. The van der Waals surface area contributed by atoms with Crippen LogP contribution in [0.15, 0.2) is 30.3 Å². The Kier molecular flexibility index (Phi) is 5.85. The number of methoxy groups -OCH3 is 1. The third-order valence-corrected chi connectivity index (χ3v) is 3.76. The molecule has 0 aliphatic rings. The number of ether oxygens (including phenoxy) is 2. The second kappa shape index (κ2) is 7.86. The van der Waals surface area contributed by atoms with Crippen molar-refractivity contribution in [2.24, 2.45) is 5.92 Å². The topological polar surface area (TPSA) is 57.4 Å². The van der Waals surface area contributed by atoms with Crippen LogP contribution < -0.4 is 15.2 Å². The van der Waals surface area contributed by atoms with Gasteiger partial charge in [0.25, 0.3) is 0 Å². The van der Waals surface area contributed by atoms with E-state index >= 15 is 0 Å². The summed E-state index contributed by atoms with van der Waals surface area (Å²) in [6, 6.07) is 9.66. The zero-order valence-corrected chi connectivity index (χ0v) is 14.4. The number of pyridine rings is 1. The Morgan fingerprint density at radius 2 is 1.96 bits per heavy atom. The van der Waals surface area contributed by atoms with E-state index in [2.05, 4.69) is 31.8 Å². The molecule has 0 amide bonds. The molecule has 0 aliphatic carbocycles. The number of nitrogen functional groups attached to an aromatic ring is 1. The van der Waals surface area contributed by atoms with E-state index in [0.29, 0.717) is 18.3 Å². The van der Waals surface area contributed by atoms with Gasteiger partial charge in [-0.3, -0.25) is 0 Å². The summed E-state index contributed by atoms with van der Waals surface area (Å²) in [5.74, 6) is 2.76.